The molecule has 1 aromatic carbocycles. The molecule has 1 saturated carbocycles. The number of hydrogen-bond donors (Lipinski definition) is 1. The first-order valence-electron chi connectivity index (χ1n) is 5.91. The molecule has 1 N–H and O–H groups in total. The molecular weight excluding hydrogens is 224 g/mol. The first kappa shape index (κ1) is 12.5. The Kier molecular flexibility index (Phi) is 4.07. The number of methoxy groups -OCH3 is 1. The largest absolute Gasteiger partial charge is 0.380 e. The number of ether oxygens (including phenoxy) is 1. The average Bonchev–Trinajstić information content (AvgIpc) is 2.78. The van der Waals surface area contributed by atoms with Crippen molar-refractivity contribution >= 4 is 0 Å². The molecule has 0 bridgehead atoms. The minimum absolute atomic E-state index is 0.187. The number of hydrogen-bond acceptors (Lipinski definition) is 2. The lowest BCUT2D eigenvalue weighted by Crippen LogP contribution is -2.36. The molecule has 4 heteroatoms. The summed E-state index contributed by atoms with van der Waals surface area (Å²) in [5, 5.41) is 3.24. The molecule has 17 heavy (non-hydrogen) atoms. The molecule has 0 aromatic heterocycles. The van der Waals surface area contributed by atoms with Gasteiger partial charge in [-0.1, -0.05) is 12.1 Å². The molecule has 0 heterocycles. The molecule has 1 aromatic rings. The fourth-order valence-electron chi connectivity index (χ4n) is 2.37. The lowest BCUT2D eigenvalue weighted by molar-refractivity contribution is 0.0846. The van der Waals surface area contributed by atoms with Crippen molar-refractivity contribution in [3.8, 4) is 0 Å². The van der Waals surface area contributed by atoms with E-state index in [1.807, 2.05) is 0 Å². The van der Waals surface area contributed by atoms with Crippen LogP contribution in [-0.2, 0) is 11.3 Å². The van der Waals surface area contributed by atoms with Gasteiger partial charge in [0, 0.05) is 25.3 Å². The molecule has 1 aliphatic rings. The zero-order chi connectivity index (χ0) is 12.3. The Hall–Kier alpha value is -1.00. The number of rotatable bonds is 4. The van der Waals surface area contributed by atoms with E-state index in [0.717, 1.165) is 25.3 Å². The van der Waals surface area contributed by atoms with Crippen molar-refractivity contribution in [3.05, 3.63) is 35.4 Å². The second kappa shape index (κ2) is 5.56. The van der Waals surface area contributed by atoms with E-state index in [0.29, 0.717) is 12.1 Å². The Bertz CT molecular complexity index is 384. The van der Waals surface area contributed by atoms with Gasteiger partial charge in [-0.25, -0.2) is 8.78 Å². The molecule has 2 nitrogen and oxygen atoms in total. The summed E-state index contributed by atoms with van der Waals surface area (Å²) in [6, 6.07) is 4.49. The van der Waals surface area contributed by atoms with Gasteiger partial charge in [0.15, 0.2) is 11.6 Å². The van der Waals surface area contributed by atoms with Crippen molar-refractivity contribution in [2.45, 2.75) is 38.0 Å². The van der Waals surface area contributed by atoms with Crippen molar-refractivity contribution in [1.82, 2.24) is 5.32 Å². The second-order valence-electron chi connectivity index (χ2n) is 4.41. The molecule has 0 amide bonds. The van der Waals surface area contributed by atoms with Crippen LogP contribution in [0.1, 0.15) is 24.8 Å². The van der Waals surface area contributed by atoms with Gasteiger partial charge >= 0.3 is 0 Å². The van der Waals surface area contributed by atoms with E-state index in [9.17, 15) is 8.78 Å². The van der Waals surface area contributed by atoms with Gasteiger partial charge < -0.3 is 10.1 Å². The summed E-state index contributed by atoms with van der Waals surface area (Å²) in [7, 11) is 1.69. The van der Waals surface area contributed by atoms with Gasteiger partial charge in [-0.05, 0) is 25.3 Å². The summed E-state index contributed by atoms with van der Waals surface area (Å²) >= 11 is 0. The highest BCUT2D eigenvalue weighted by atomic mass is 19.2. The van der Waals surface area contributed by atoms with Gasteiger partial charge in [0.2, 0.25) is 0 Å². The Morgan fingerprint density at radius 2 is 2.18 bits per heavy atom. The quantitative estimate of drug-likeness (QED) is 0.875. The van der Waals surface area contributed by atoms with Crippen LogP contribution in [0.25, 0.3) is 0 Å². The van der Waals surface area contributed by atoms with Gasteiger partial charge in [-0.15, -0.1) is 0 Å². The van der Waals surface area contributed by atoms with E-state index in [1.54, 1.807) is 13.2 Å². The van der Waals surface area contributed by atoms with Crippen LogP contribution in [0.5, 0.6) is 0 Å². The van der Waals surface area contributed by atoms with E-state index in [2.05, 4.69) is 5.32 Å². The molecule has 2 unspecified atom stereocenters. The monoisotopic (exact) mass is 241 g/mol. The Morgan fingerprint density at radius 1 is 1.35 bits per heavy atom. The SMILES string of the molecule is COC1CCCC1NCc1cccc(F)c1F. The van der Waals surface area contributed by atoms with Crippen molar-refractivity contribution in [3.63, 3.8) is 0 Å². The van der Waals surface area contributed by atoms with Crippen LogP contribution >= 0.6 is 0 Å². The van der Waals surface area contributed by atoms with Gasteiger partial charge in [-0.2, -0.15) is 0 Å². The predicted molar refractivity (Wildman–Crippen MR) is 61.6 cm³/mol. The first-order chi connectivity index (χ1) is 8.22. The molecular formula is C13H17F2NO. The molecule has 0 saturated heterocycles. The molecule has 0 spiro atoms. The van der Waals surface area contributed by atoms with Crippen LogP contribution in [0.15, 0.2) is 18.2 Å². The van der Waals surface area contributed by atoms with Gasteiger partial charge in [0.1, 0.15) is 0 Å². The number of benzene rings is 1. The Labute approximate surface area is 100.0 Å². The lowest BCUT2D eigenvalue weighted by atomic mass is 10.1. The summed E-state index contributed by atoms with van der Waals surface area (Å²) in [4.78, 5) is 0. The zero-order valence-corrected chi connectivity index (χ0v) is 9.88. The highest BCUT2D eigenvalue weighted by Crippen LogP contribution is 2.22. The first-order valence-corrected chi connectivity index (χ1v) is 5.91. The minimum Gasteiger partial charge on any atom is -0.380 e. The maximum absolute atomic E-state index is 13.4. The summed E-state index contributed by atoms with van der Waals surface area (Å²) < 4.78 is 31.7. The third-order valence-corrected chi connectivity index (χ3v) is 3.34. The van der Waals surface area contributed by atoms with Crippen molar-refractivity contribution in [2.75, 3.05) is 7.11 Å². The summed E-state index contributed by atoms with van der Waals surface area (Å²) in [5.74, 6) is -1.55. The normalized spacial score (nSPS) is 24.2. The highest BCUT2D eigenvalue weighted by molar-refractivity contribution is 5.18. The number of halogens is 2. The molecule has 2 atom stereocenters. The minimum atomic E-state index is -0.793. The third-order valence-electron chi connectivity index (χ3n) is 3.34. The standard InChI is InChI=1S/C13H17F2NO/c1-17-12-7-3-6-11(12)16-8-9-4-2-5-10(14)13(9)15/h2,4-5,11-12,16H,3,6-8H2,1H3. The average molecular weight is 241 g/mol. The number of nitrogens with one attached hydrogen (secondary N) is 1. The van der Waals surface area contributed by atoms with Crippen molar-refractivity contribution in [1.29, 1.82) is 0 Å². The molecule has 1 fully saturated rings. The summed E-state index contributed by atoms with van der Waals surface area (Å²) in [6.07, 6.45) is 3.35. The van der Waals surface area contributed by atoms with Crippen molar-refractivity contribution in [2.24, 2.45) is 0 Å². The molecule has 94 valence electrons. The highest BCUT2D eigenvalue weighted by Gasteiger charge is 2.26. The smallest absolute Gasteiger partial charge is 0.163 e. The van der Waals surface area contributed by atoms with Crippen LogP contribution in [0.4, 0.5) is 8.78 Å². The van der Waals surface area contributed by atoms with E-state index in [4.69, 9.17) is 4.74 Å². The fraction of sp³-hybridized carbons (Fsp3) is 0.538. The molecule has 0 aliphatic heterocycles. The van der Waals surface area contributed by atoms with Crippen LogP contribution in [0, 0.1) is 11.6 Å². The van der Waals surface area contributed by atoms with Gasteiger partial charge in [0.05, 0.1) is 6.10 Å². The van der Waals surface area contributed by atoms with E-state index in [1.165, 1.54) is 6.07 Å². The summed E-state index contributed by atoms with van der Waals surface area (Å²) in [6.45, 7) is 0.341. The van der Waals surface area contributed by atoms with Crippen LogP contribution in [0.3, 0.4) is 0 Å². The second-order valence-corrected chi connectivity index (χ2v) is 4.41. The lowest BCUT2D eigenvalue weighted by Gasteiger charge is -2.19. The van der Waals surface area contributed by atoms with E-state index < -0.39 is 11.6 Å². The summed E-state index contributed by atoms with van der Waals surface area (Å²) in [5.41, 5.74) is 0.367. The van der Waals surface area contributed by atoms with Gasteiger partial charge in [0.25, 0.3) is 0 Å². The maximum atomic E-state index is 13.4. The van der Waals surface area contributed by atoms with Crippen LogP contribution in [-0.4, -0.2) is 19.3 Å². The Morgan fingerprint density at radius 3 is 2.94 bits per heavy atom. The maximum Gasteiger partial charge on any atom is 0.163 e. The van der Waals surface area contributed by atoms with E-state index >= 15 is 0 Å². The van der Waals surface area contributed by atoms with E-state index in [-0.39, 0.29) is 12.1 Å². The van der Waals surface area contributed by atoms with Crippen LogP contribution < -0.4 is 5.32 Å². The van der Waals surface area contributed by atoms with Gasteiger partial charge in [-0.3, -0.25) is 0 Å². The molecule has 0 radical (unpaired) electrons. The zero-order valence-electron chi connectivity index (χ0n) is 9.88. The topological polar surface area (TPSA) is 21.3 Å². The fourth-order valence-corrected chi connectivity index (χ4v) is 2.37. The molecule has 1 aliphatic carbocycles. The predicted octanol–water partition coefficient (Wildman–Crippen LogP) is 2.62. The van der Waals surface area contributed by atoms with Crippen molar-refractivity contribution < 1.29 is 13.5 Å². The third kappa shape index (κ3) is 2.82. The Balaban J connectivity index is 1.95. The van der Waals surface area contributed by atoms with Crippen LogP contribution in [0.2, 0.25) is 0 Å². The molecule has 2 rings (SSSR count).